The van der Waals surface area contributed by atoms with Crippen LogP contribution in [0.3, 0.4) is 0 Å². The number of aromatic nitrogens is 3. The maximum Gasteiger partial charge on any atom is 0.248 e. The molecule has 0 N–H and O–H groups in total. The van der Waals surface area contributed by atoms with E-state index in [0.717, 1.165) is 11.2 Å². The molecular formula is C12H13F2N3O. The van der Waals surface area contributed by atoms with E-state index in [9.17, 15) is 8.78 Å². The number of aryl methyl sites for hydroxylation is 1. The predicted octanol–water partition coefficient (Wildman–Crippen LogP) is 2.46. The Labute approximate surface area is 103 Å². The second kappa shape index (κ2) is 3.90. The fourth-order valence-corrected chi connectivity index (χ4v) is 2.23. The highest BCUT2D eigenvalue weighted by atomic mass is 19.3. The molecule has 1 aliphatic carbocycles. The first-order chi connectivity index (χ1) is 8.53. The zero-order valence-corrected chi connectivity index (χ0v) is 9.94. The van der Waals surface area contributed by atoms with Crippen molar-refractivity contribution in [3.05, 3.63) is 24.2 Å². The molecule has 1 fully saturated rings. The van der Waals surface area contributed by atoms with Gasteiger partial charge in [-0.05, 0) is 13.0 Å². The van der Waals surface area contributed by atoms with E-state index in [1.807, 2.05) is 13.0 Å². The maximum absolute atomic E-state index is 12.7. The van der Waals surface area contributed by atoms with Gasteiger partial charge in [0.1, 0.15) is 5.52 Å². The van der Waals surface area contributed by atoms with Crippen LogP contribution in [0.5, 0.6) is 5.88 Å². The third-order valence-electron chi connectivity index (χ3n) is 3.11. The molecule has 1 aliphatic rings. The van der Waals surface area contributed by atoms with Gasteiger partial charge in [-0.3, -0.25) is 0 Å². The summed E-state index contributed by atoms with van der Waals surface area (Å²) in [6, 6.07) is 1.86. The Morgan fingerprint density at radius 1 is 1.50 bits per heavy atom. The molecule has 2 aromatic rings. The van der Waals surface area contributed by atoms with Crippen LogP contribution in [0.2, 0.25) is 0 Å². The van der Waals surface area contributed by atoms with E-state index < -0.39 is 5.92 Å². The van der Waals surface area contributed by atoms with Gasteiger partial charge in [0, 0.05) is 31.2 Å². The van der Waals surface area contributed by atoms with Crippen molar-refractivity contribution >= 4 is 5.52 Å². The van der Waals surface area contributed by atoms with Crippen LogP contribution in [0, 0.1) is 12.8 Å². The highest BCUT2D eigenvalue weighted by molar-refractivity contribution is 5.56. The number of halogens is 2. The molecule has 0 saturated heterocycles. The third kappa shape index (κ3) is 2.02. The summed E-state index contributed by atoms with van der Waals surface area (Å²) in [5.41, 5.74) is 1.63. The SMILES string of the molecule is Cc1cc2c(OCC3CC(F)(F)C3)nccn2n1. The van der Waals surface area contributed by atoms with Gasteiger partial charge < -0.3 is 4.74 Å². The molecule has 2 aromatic heterocycles. The second-order valence-corrected chi connectivity index (χ2v) is 4.79. The van der Waals surface area contributed by atoms with Crippen molar-refractivity contribution in [3.63, 3.8) is 0 Å². The Kier molecular flexibility index (Phi) is 2.46. The molecule has 6 heteroatoms. The molecule has 1 saturated carbocycles. The maximum atomic E-state index is 12.7. The smallest absolute Gasteiger partial charge is 0.248 e. The molecule has 0 spiro atoms. The van der Waals surface area contributed by atoms with Crippen molar-refractivity contribution in [1.29, 1.82) is 0 Å². The Morgan fingerprint density at radius 2 is 2.28 bits per heavy atom. The third-order valence-corrected chi connectivity index (χ3v) is 3.11. The molecule has 0 amide bonds. The van der Waals surface area contributed by atoms with E-state index in [1.54, 1.807) is 16.9 Å². The molecule has 96 valence electrons. The fraction of sp³-hybridized carbons (Fsp3) is 0.500. The first-order valence-electron chi connectivity index (χ1n) is 5.85. The van der Waals surface area contributed by atoms with E-state index in [-0.39, 0.29) is 25.4 Å². The largest absolute Gasteiger partial charge is 0.476 e. The number of nitrogens with zero attached hydrogens (tertiary/aromatic N) is 3. The average molecular weight is 253 g/mol. The van der Waals surface area contributed by atoms with Crippen LogP contribution in [0.1, 0.15) is 18.5 Å². The molecule has 0 unspecified atom stereocenters. The molecule has 18 heavy (non-hydrogen) atoms. The van der Waals surface area contributed by atoms with Crippen molar-refractivity contribution in [2.45, 2.75) is 25.7 Å². The van der Waals surface area contributed by atoms with Gasteiger partial charge in [-0.25, -0.2) is 18.3 Å². The molecule has 2 heterocycles. The van der Waals surface area contributed by atoms with Crippen LogP contribution in [-0.2, 0) is 0 Å². The molecule has 0 radical (unpaired) electrons. The minimum atomic E-state index is -2.50. The van der Waals surface area contributed by atoms with E-state index in [2.05, 4.69) is 10.1 Å². The van der Waals surface area contributed by atoms with Crippen LogP contribution in [0.15, 0.2) is 18.5 Å². The van der Waals surface area contributed by atoms with Crippen molar-refractivity contribution < 1.29 is 13.5 Å². The van der Waals surface area contributed by atoms with Crippen molar-refractivity contribution in [2.75, 3.05) is 6.61 Å². The number of alkyl halides is 2. The molecule has 0 aromatic carbocycles. The zero-order chi connectivity index (χ0) is 12.8. The van der Waals surface area contributed by atoms with E-state index in [1.165, 1.54) is 0 Å². The second-order valence-electron chi connectivity index (χ2n) is 4.79. The number of hydrogen-bond donors (Lipinski definition) is 0. The predicted molar refractivity (Wildman–Crippen MR) is 60.9 cm³/mol. The van der Waals surface area contributed by atoms with Gasteiger partial charge in [0.25, 0.3) is 0 Å². The highest BCUT2D eigenvalue weighted by Gasteiger charge is 2.45. The summed E-state index contributed by atoms with van der Waals surface area (Å²) in [5.74, 6) is -2.12. The molecule has 0 atom stereocenters. The summed E-state index contributed by atoms with van der Waals surface area (Å²) in [6.07, 6.45) is 3.14. The molecule has 3 rings (SSSR count). The lowest BCUT2D eigenvalue weighted by atomic mass is 9.82. The van der Waals surface area contributed by atoms with Crippen LogP contribution in [0.4, 0.5) is 8.78 Å². The Bertz CT molecular complexity index is 574. The Morgan fingerprint density at radius 3 is 3.00 bits per heavy atom. The molecule has 0 bridgehead atoms. The minimum Gasteiger partial charge on any atom is -0.476 e. The summed E-state index contributed by atoms with van der Waals surface area (Å²) < 4.78 is 32.6. The van der Waals surface area contributed by atoms with Gasteiger partial charge in [0.15, 0.2) is 0 Å². The van der Waals surface area contributed by atoms with Gasteiger partial charge in [-0.1, -0.05) is 0 Å². The topological polar surface area (TPSA) is 39.4 Å². The fourth-order valence-electron chi connectivity index (χ4n) is 2.23. The average Bonchev–Trinajstić information content (AvgIpc) is 2.64. The first-order valence-corrected chi connectivity index (χ1v) is 5.85. The van der Waals surface area contributed by atoms with Gasteiger partial charge in [-0.2, -0.15) is 5.10 Å². The number of rotatable bonds is 3. The lowest BCUT2D eigenvalue weighted by Crippen LogP contribution is -2.38. The normalized spacial score (nSPS) is 18.8. The number of ether oxygens (including phenoxy) is 1. The van der Waals surface area contributed by atoms with Crippen LogP contribution in [0.25, 0.3) is 5.52 Å². The van der Waals surface area contributed by atoms with Crippen molar-refractivity contribution in [1.82, 2.24) is 14.6 Å². The van der Waals surface area contributed by atoms with E-state index in [4.69, 9.17) is 4.74 Å². The molecule has 0 aliphatic heterocycles. The first kappa shape index (κ1) is 11.4. The Balaban J connectivity index is 1.71. The lowest BCUT2D eigenvalue weighted by Gasteiger charge is -2.34. The van der Waals surface area contributed by atoms with Crippen molar-refractivity contribution in [3.8, 4) is 5.88 Å². The van der Waals surface area contributed by atoms with Gasteiger partial charge in [-0.15, -0.1) is 0 Å². The summed E-state index contributed by atoms with van der Waals surface area (Å²) in [5, 5.41) is 4.23. The summed E-state index contributed by atoms with van der Waals surface area (Å²) in [6.45, 7) is 2.16. The summed E-state index contributed by atoms with van der Waals surface area (Å²) in [4.78, 5) is 4.12. The van der Waals surface area contributed by atoms with E-state index in [0.29, 0.717) is 5.88 Å². The monoisotopic (exact) mass is 253 g/mol. The standard InChI is InChI=1S/C12H13F2N3O/c1-8-4-10-11(15-2-3-17(10)16-8)18-7-9-5-12(13,14)6-9/h2-4,9H,5-7H2,1H3. The minimum absolute atomic E-state index is 0.0777. The van der Waals surface area contributed by atoms with Gasteiger partial charge in [0.05, 0.1) is 12.3 Å². The summed E-state index contributed by atoms with van der Waals surface area (Å²) >= 11 is 0. The van der Waals surface area contributed by atoms with Crippen LogP contribution >= 0.6 is 0 Å². The summed E-state index contributed by atoms with van der Waals surface area (Å²) in [7, 11) is 0. The highest BCUT2D eigenvalue weighted by Crippen LogP contribution is 2.42. The zero-order valence-electron chi connectivity index (χ0n) is 9.94. The number of hydrogen-bond acceptors (Lipinski definition) is 3. The number of fused-ring (bicyclic) bond motifs is 1. The van der Waals surface area contributed by atoms with Crippen molar-refractivity contribution in [2.24, 2.45) is 5.92 Å². The Hall–Kier alpha value is -1.72. The van der Waals surface area contributed by atoms with Crippen LogP contribution in [-0.4, -0.2) is 27.1 Å². The van der Waals surface area contributed by atoms with Crippen LogP contribution < -0.4 is 4.74 Å². The lowest BCUT2D eigenvalue weighted by molar-refractivity contribution is -0.119. The van der Waals surface area contributed by atoms with E-state index >= 15 is 0 Å². The van der Waals surface area contributed by atoms with Gasteiger partial charge in [0.2, 0.25) is 11.8 Å². The quantitative estimate of drug-likeness (QED) is 0.843. The molecule has 4 nitrogen and oxygen atoms in total. The van der Waals surface area contributed by atoms with Gasteiger partial charge >= 0.3 is 0 Å². The molecular weight excluding hydrogens is 240 g/mol.